The van der Waals surface area contributed by atoms with Gasteiger partial charge in [-0.05, 0) is 37.3 Å². The first-order valence-corrected chi connectivity index (χ1v) is 8.50. The minimum absolute atomic E-state index is 0.00408. The molecular weight excluding hydrogens is 292 g/mol. The number of amides is 2. The molecule has 23 heavy (non-hydrogen) atoms. The van der Waals surface area contributed by atoms with Crippen LogP contribution in [0, 0.1) is 5.92 Å². The van der Waals surface area contributed by atoms with Crippen molar-refractivity contribution in [3.8, 4) is 0 Å². The van der Waals surface area contributed by atoms with Gasteiger partial charge >= 0.3 is 0 Å². The number of fused-ring (bicyclic) bond motifs is 2. The van der Waals surface area contributed by atoms with Crippen LogP contribution in [0.2, 0.25) is 0 Å². The maximum absolute atomic E-state index is 13.0. The summed E-state index contributed by atoms with van der Waals surface area (Å²) in [6, 6.07) is 9.28. The van der Waals surface area contributed by atoms with Crippen molar-refractivity contribution in [3.05, 3.63) is 35.9 Å². The standard InChI is InChI=1S/C18H22N2O3/c21-17(13-4-2-1-3-5-13)20-15-7-6-14(12-15)16(20)18(22)19-8-10-23-11-9-19/h1-5,14-16H,6-12H2. The molecule has 3 fully saturated rings. The Labute approximate surface area is 136 Å². The normalized spacial score (nSPS) is 29.8. The molecule has 0 aromatic heterocycles. The second-order valence-electron chi connectivity index (χ2n) is 6.69. The summed E-state index contributed by atoms with van der Waals surface area (Å²) in [5.74, 6) is 0.442. The van der Waals surface area contributed by atoms with Crippen LogP contribution in [0.3, 0.4) is 0 Å². The molecule has 2 heterocycles. The van der Waals surface area contributed by atoms with Crippen molar-refractivity contribution in [2.45, 2.75) is 31.3 Å². The third-order valence-electron chi connectivity index (χ3n) is 5.42. The molecule has 2 aliphatic heterocycles. The number of morpholine rings is 1. The maximum atomic E-state index is 13.0. The van der Waals surface area contributed by atoms with Crippen molar-refractivity contribution < 1.29 is 14.3 Å². The fourth-order valence-electron chi connectivity index (χ4n) is 4.30. The number of benzene rings is 1. The van der Waals surface area contributed by atoms with Crippen LogP contribution in [0.1, 0.15) is 29.6 Å². The SMILES string of the molecule is O=C(C1C2CCC(C2)N1C(=O)c1ccccc1)N1CCOCC1. The number of carbonyl (C=O) groups excluding carboxylic acids is 2. The van der Waals surface area contributed by atoms with Gasteiger partial charge < -0.3 is 14.5 Å². The molecule has 1 saturated carbocycles. The Balaban J connectivity index is 1.59. The van der Waals surface area contributed by atoms with Gasteiger partial charge in [0, 0.05) is 24.7 Å². The van der Waals surface area contributed by atoms with E-state index in [9.17, 15) is 9.59 Å². The Kier molecular flexibility index (Phi) is 3.81. The molecule has 1 aromatic carbocycles. The van der Waals surface area contributed by atoms with Crippen LogP contribution in [-0.2, 0) is 9.53 Å². The van der Waals surface area contributed by atoms with Crippen molar-refractivity contribution >= 4 is 11.8 Å². The average Bonchev–Trinajstić information content (AvgIpc) is 3.23. The number of hydrogen-bond donors (Lipinski definition) is 0. The minimum Gasteiger partial charge on any atom is -0.378 e. The maximum Gasteiger partial charge on any atom is 0.254 e. The van der Waals surface area contributed by atoms with Crippen LogP contribution >= 0.6 is 0 Å². The second-order valence-corrected chi connectivity index (χ2v) is 6.69. The van der Waals surface area contributed by atoms with Crippen molar-refractivity contribution in [1.82, 2.24) is 9.80 Å². The first-order valence-electron chi connectivity index (χ1n) is 8.50. The quantitative estimate of drug-likeness (QED) is 0.832. The summed E-state index contributed by atoms with van der Waals surface area (Å²) in [6.07, 6.45) is 3.05. The Hall–Kier alpha value is -1.88. The molecule has 5 nitrogen and oxygen atoms in total. The molecule has 3 atom stereocenters. The lowest BCUT2D eigenvalue weighted by atomic mass is 9.96. The molecule has 0 spiro atoms. The van der Waals surface area contributed by atoms with Gasteiger partial charge in [-0.2, -0.15) is 0 Å². The smallest absolute Gasteiger partial charge is 0.254 e. The Morgan fingerprint density at radius 3 is 2.52 bits per heavy atom. The van der Waals surface area contributed by atoms with E-state index in [1.54, 1.807) is 0 Å². The Morgan fingerprint density at radius 1 is 1.04 bits per heavy atom. The molecule has 2 amide bonds. The van der Waals surface area contributed by atoms with E-state index in [0.29, 0.717) is 37.8 Å². The fourth-order valence-corrected chi connectivity index (χ4v) is 4.30. The third kappa shape index (κ3) is 2.53. The first-order chi connectivity index (χ1) is 11.3. The van der Waals surface area contributed by atoms with Crippen molar-refractivity contribution in [1.29, 1.82) is 0 Å². The predicted octanol–water partition coefficient (Wildman–Crippen LogP) is 1.54. The van der Waals surface area contributed by atoms with Gasteiger partial charge in [0.2, 0.25) is 5.91 Å². The Morgan fingerprint density at radius 2 is 1.78 bits per heavy atom. The van der Waals surface area contributed by atoms with Crippen LogP contribution in [0.5, 0.6) is 0 Å². The molecule has 3 unspecified atom stereocenters. The highest BCUT2D eigenvalue weighted by molar-refractivity contribution is 5.98. The number of ether oxygens (including phenoxy) is 1. The van der Waals surface area contributed by atoms with E-state index < -0.39 is 0 Å². The lowest BCUT2D eigenvalue weighted by Gasteiger charge is -2.38. The molecule has 0 radical (unpaired) electrons. The second kappa shape index (κ2) is 5.96. The zero-order valence-electron chi connectivity index (χ0n) is 13.2. The zero-order valence-corrected chi connectivity index (χ0v) is 13.2. The van der Waals surface area contributed by atoms with Gasteiger partial charge in [-0.25, -0.2) is 0 Å². The van der Waals surface area contributed by atoms with Gasteiger partial charge in [0.25, 0.3) is 5.91 Å². The molecule has 2 bridgehead atoms. The monoisotopic (exact) mass is 314 g/mol. The fraction of sp³-hybridized carbons (Fsp3) is 0.556. The summed E-state index contributed by atoms with van der Waals surface area (Å²) in [5, 5.41) is 0. The molecular formula is C18H22N2O3. The summed E-state index contributed by atoms with van der Waals surface area (Å²) in [7, 11) is 0. The molecule has 3 aliphatic rings. The van der Waals surface area contributed by atoms with Crippen molar-refractivity contribution in [2.24, 2.45) is 5.92 Å². The van der Waals surface area contributed by atoms with Gasteiger partial charge in [-0.15, -0.1) is 0 Å². The van der Waals surface area contributed by atoms with Crippen molar-refractivity contribution in [2.75, 3.05) is 26.3 Å². The number of nitrogens with zero attached hydrogens (tertiary/aromatic N) is 2. The van der Waals surface area contributed by atoms with Gasteiger partial charge in [0.1, 0.15) is 6.04 Å². The van der Waals surface area contributed by atoms with Crippen LogP contribution in [0.15, 0.2) is 30.3 Å². The number of likely N-dealkylation sites (tertiary alicyclic amines) is 1. The van der Waals surface area contributed by atoms with E-state index in [1.165, 1.54) is 0 Å². The lowest BCUT2D eigenvalue weighted by molar-refractivity contribution is -0.141. The van der Waals surface area contributed by atoms with E-state index in [0.717, 1.165) is 19.3 Å². The van der Waals surface area contributed by atoms with Crippen LogP contribution in [0.4, 0.5) is 0 Å². The molecule has 4 rings (SSSR count). The molecule has 122 valence electrons. The highest BCUT2D eigenvalue weighted by Gasteiger charge is 2.52. The minimum atomic E-state index is -0.278. The van der Waals surface area contributed by atoms with Crippen LogP contribution in [-0.4, -0.2) is 60.0 Å². The third-order valence-corrected chi connectivity index (χ3v) is 5.42. The topological polar surface area (TPSA) is 49.9 Å². The molecule has 1 aromatic rings. The summed E-state index contributed by atoms with van der Waals surface area (Å²) in [6.45, 7) is 2.47. The largest absolute Gasteiger partial charge is 0.378 e. The van der Waals surface area contributed by atoms with E-state index >= 15 is 0 Å². The summed E-state index contributed by atoms with van der Waals surface area (Å²) in [5.41, 5.74) is 0.680. The number of hydrogen-bond acceptors (Lipinski definition) is 3. The average molecular weight is 314 g/mol. The van der Waals surface area contributed by atoms with Gasteiger partial charge in [-0.1, -0.05) is 18.2 Å². The number of piperidine rings is 1. The van der Waals surface area contributed by atoms with E-state index in [-0.39, 0.29) is 23.9 Å². The summed E-state index contributed by atoms with van der Waals surface area (Å²) >= 11 is 0. The van der Waals surface area contributed by atoms with Gasteiger partial charge in [-0.3, -0.25) is 9.59 Å². The lowest BCUT2D eigenvalue weighted by Crippen LogP contribution is -2.55. The van der Waals surface area contributed by atoms with E-state index in [2.05, 4.69) is 0 Å². The zero-order chi connectivity index (χ0) is 15.8. The van der Waals surface area contributed by atoms with E-state index in [1.807, 2.05) is 40.1 Å². The number of rotatable bonds is 2. The highest BCUT2D eigenvalue weighted by atomic mass is 16.5. The molecule has 1 aliphatic carbocycles. The van der Waals surface area contributed by atoms with E-state index in [4.69, 9.17) is 4.74 Å². The first kappa shape index (κ1) is 14.7. The van der Waals surface area contributed by atoms with Crippen LogP contribution < -0.4 is 0 Å². The molecule has 2 saturated heterocycles. The van der Waals surface area contributed by atoms with Crippen LogP contribution in [0.25, 0.3) is 0 Å². The molecule has 5 heteroatoms. The predicted molar refractivity (Wildman–Crippen MR) is 84.9 cm³/mol. The van der Waals surface area contributed by atoms with Gasteiger partial charge in [0.05, 0.1) is 13.2 Å². The van der Waals surface area contributed by atoms with Gasteiger partial charge in [0.15, 0.2) is 0 Å². The highest BCUT2D eigenvalue weighted by Crippen LogP contribution is 2.43. The Bertz CT molecular complexity index is 598. The van der Waals surface area contributed by atoms with Crippen molar-refractivity contribution in [3.63, 3.8) is 0 Å². The summed E-state index contributed by atoms with van der Waals surface area (Å²) in [4.78, 5) is 29.7. The molecule has 0 N–H and O–H groups in total. The number of carbonyl (C=O) groups is 2. The summed E-state index contributed by atoms with van der Waals surface area (Å²) < 4.78 is 5.34.